The highest BCUT2D eigenvalue weighted by Crippen LogP contribution is 2.37. The third-order valence-corrected chi connectivity index (χ3v) is 7.45. The second-order valence-corrected chi connectivity index (χ2v) is 9.14. The number of aliphatic hydroxyl groups is 1. The highest BCUT2D eigenvalue weighted by atomic mass is 35.5. The molecule has 0 aromatic rings. The molecule has 0 aromatic carbocycles. The maximum Gasteiger partial charge on any atom is 0.227 e. The fraction of sp³-hybridized carbons (Fsp3) is 0.889. The maximum absolute atomic E-state index is 12.6. The number of nitrogens with two attached hydrogens (primary N) is 1. The van der Waals surface area contributed by atoms with E-state index in [4.69, 9.17) is 28.9 Å². The molecule has 148 valence electrons. The lowest BCUT2D eigenvalue weighted by Crippen LogP contribution is -2.53. The fourth-order valence-electron chi connectivity index (χ4n) is 4.59. The summed E-state index contributed by atoms with van der Waals surface area (Å²) in [5.41, 5.74) is 6.49. The van der Waals surface area contributed by atoms with E-state index in [-0.39, 0.29) is 46.4 Å². The van der Waals surface area contributed by atoms with Crippen LogP contribution >= 0.6 is 23.2 Å². The molecule has 6 atom stereocenters. The first kappa shape index (κ1) is 20.2. The number of hydrogen-bond acceptors (Lipinski definition) is 4. The summed E-state index contributed by atoms with van der Waals surface area (Å²) in [5, 5.41) is 12.8. The van der Waals surface area contributed by atoms with Crippen LogP contribution in [0.1, 0.15) is 38.5 Å². The van der Waals surface area contributed by atoms with Crippen LogP contribution in [0.2, 0.25) is 0 Å². The number of piperidine rings is 2. The Balaban J connectivity index is 1.50. The van der Waals surface area contributed by atoms with Crippen LogP contribution in [-0.4, -0.2) is 64.4 Å². The summed E-state index contributed by atoms with van der Waals surface area (Å²) < 4.78 is 0. The molecule has 26 heavy (non-hydrogen) atoms. The predicted octanol–water partition coefficient (Wildman–Crippen LogP) is 1.06. The molecule has 0 aromatic heterocycles. The number of rotatable bonds is 3. The predicted molar refractivity (Wildman–Crippen MR) is 101 cm³/mol. The Labute approximate surface area is 164 Å². The van der Waals surface area contributed by atoms with E-state index >= 15 is 0 Å². The maximum atomic E-state index is 12.6. The molecule has 6 nitrogen and oxygen atoms in total. The summed E-state index contributed by atoms with van der Waals surface area (Å²) in [4.78, 5) is 25.8. The lowest BCUT2D eigenvalue weighted by molar-refractivity contribution is -0.139. The number of aliphatic hydroxyl groups excluding tert-OH is 1. The largest absolute Gasteiger partial charge is 0.393 e. The van der Waals surface area contributed by atoms with E-state index in [1.165, 1.54) is 0 Å². The van der Waals surface area contributed by atoms with Crippen LogP contribution in [0.25, 0.3) is 0 Å². The first-order valence-corrected chi connectivity index (χ1v) is 10.5. The molecular formula is C18H29Cl2N3O3. The number of carbonyl (C=O) groups is 2. The molecule has 4 N–H and O–H groups in total. The molecule has 4 unspecified atom stereocenters. The van der Waals surface area contributed by atoms with Crippen molar-refractivity contribution in [3.8, 4) is 0 Å². The van der Waals surface area contributed by atoms with E-state index in [1.54, 1.807) is 0 Å². The van der Waals surface area contributed by atoms with Crippen molar-refractivity contribution in [3.05, 3.63) is 0 Å². The van der Waals surface area contributed by atoms with Crippen molar-refractivity contribution in [2.45, 2.75) is 61.4 Å². The Kier molecular flexibility index (Phi) is 6.70. The number of nitrogens with one attached hydrogen (secondary N) is 1. The summed E-state index contributed by atoms with van der Waals surface area (Å²) in [6, 6.07) is -0.123. The monoisotopic (exact) mass is 405 g/mol. The SMILES string of the molecule is N[C@H](C1CCN(C(=O)[C@@H]2CCC(=O)NC2)CC1)C1CC(Cl)C(Cl)CC1O. The number of likely N-dealkylation sites (tertiary alicyclic amines) is 1. The van der Waals surface area contributed by atoms with Crippen molar-refractivity contribution >= 4 is 35.0 Å². The van der Waals surface area contributed by atoms with Crippen LogP contribution in [0.3, 0.4) is 0 Å². The highest BCUT2D eigenvalue weighted by Gasteiger charge is 2.41. The van der Waals surface area contributed by atoms with Gasteiger partial charge in [0.2, 0.25) is 11.8 Å². The van der Waals surface area contributed by atoms with Gasteiger partial charge < -0.3 is 21.1 Å². The molecule has 1 saturated carbocycles. The number of halogens is 2. The van der Waals surface area contributed by atoms with Gasteiger partial charge in [0.05, 0.1) is 22.8 Å². The number of nitrogens with zero attached hydrogens (tertiary/aromatic N) is 1. The molecule has 0 spiro atoms. The van der Waals surface area contributed by atoms with Gasteiger partial charge in [-0.05, 0) is 38.0 Å². The average Bonchev–Trinajstić information content (AvgIpc) is 2.64. The fourth-order valence-corrected chi connectivity index (χ4v) is 5.18. The van der Waals surface area contributed by atoms with Crippen molar-refractivity contribution in [2.75, 3.05) is 19.6 Å². The summed E-state index contributed by atoms with van der Waals surface area (Å²) in [7, 11) is 0. The summed E-state index contributed by atoms with van der Waals surface area (Å²) in [6.07, 6.45) is 3.36. The minimum Gasteiger partial charge on any atom is -0.393 e. The van der Waals surface area contributed by atoms with Crippen molar-refractivity contribution in [3.63, 3.8) is 0 Å². The van der Waals surface area contributed by atoms with Gasteiger partial charge in [0.15, 0.2) is 0 Å². The lowest BCUT2D eigenvalue weighted by Gasteiger charge is -2.43. The van der Waals surface area contributed by atoms with Crippen molar-refractivity contribution < 1.29 is 14.7 Å². The molecule has 1 aliphatic carbocycles. The van der Waals surface area contributed by atoms with Gasteiger partial charge in [0.25, 0.3) is 0 Å². The second-order valence-electron chi connectivity index (χ2n) is 8.01. The first-order valence-electron chi connectivity index (χ1n) is 9.64. The number of amides is 2. The van der Waals surface area contributed by atoms with Gasteiger partial charge >= 0.3 is 0 Å². The molecule has 3 fully saturated rings. The van der Waals surface area contributed by atoms with E-state index in [0.29, 0.717) is 45.3 Å². The zero-order chi connectivity index (χ0) is 18.8. The van der Waals surface area contributed by atoms with E-state index < -0.39 is 6.10 Å². The van der Waals surface area contributed by atoms with Gasteiger partial charge in [-0.2, -0.15) is 0 Å². The lowest BCUT2D eigenvalue weighted by atomic mass is 9.74. The first-order chi connectivity index (χ1) is 12.4. The Bertz CT molecular complexity index is 518. The zero-order valence-electron chi connectivity index (χ0n) is 14.9. The smallest absolute Gasteiger partial charge is 0.227 e. The van der Waals surface area contributed by atoms with Gasteiger partial charge in [-0.3, -0.25) is 9.59 Å². The topological polar surface area (TPSA) is 95.7 Å². The second kappa shape index (κ2) is 8.63. The van der Waals surface area contributed by atoms with Gasteiger partial charge in [0.1, 0.15) is 0 Å². The molecular weight excluding hydrogens is 377 g/mol. The molecule has 2 aliphatic heterocycles. The zero-order valence-corrected chi connectivity index (χ0v) is 16.5. The number of alkyl halides is 2. The highest BCUT2D eigenvalue weighted by molar-refractivity contribution is 6.30. The van der Waals surface area contributed by atoms with Gasteiger partial charge in [-0.1, -0.05) is 0 Å². The average molecular weight is 406 g/mol. The molecule has 8 heteroatoms. The van der Waals surface area contributed by atoms with Crippen LogP contribution in [0, 0.1) is 17.8 Å². The number of hydrogen-bond donors (Lipinski definition) is 3. The summed E-state index contributed by atoms with van der Waals surface area (Å²) >= 11 is 12.4. The third kappa shape index (κ3) is 4.46. The Morgan fingerprint density at radius 1 is 1.19 bits per heavy atom. The Morgan fingerprint density at radius 2 is 1.85 bits per heavy atom. The number of carbonyl (C=O) groups excluding carboxylic acids is 2. The van der Waals surface area contributed by atoms with Crippen molar-refractivity contribution in [1.29, 1.82) is 0 Å². The van der Waals surface area contributed by atoms with Crippen molar-refractivity contribution in [2.24, 2.45) is 23.5 Å². The minimum atomic E-state index is -0.506. The van der Waals surface area contributed by atoms with Gasteiger partial charge in [-0.15, -0.1) is 23.2 Å². The molecule has 3 aliphatic rings. The van der Waals surface area contributed by atoms with E-state index in [1.807, 2.05) is 4.90 Å². The van der Waals surface area contributed by atoms with Crippen LogP contribution in [0.5, 0.6) is 0 Å². The van der Waals surface area contributed by atoms with Gasteiger partial charge in [0, 0.05) is 38.0 Å². The summed E-state index contributed by atoms with van der Waals surface area (Å²) in [5.74, 6) is 0.312. The van der Waals surface area contributed by atoms with Crippen LogP contribution < -0.4 is 11.1 Å². The van der Waals surface area contributed by atoms with Crippen LogP contribution in [-0.2, 0) is 9.59 Å². The minimum absolute atomic E-state index is 0.0292. The van der Waals surface area contributed by atoms with Gasteiger partial charge in [-0.25, -0.2) is 0 Å². The summed E-state index contributed by atoms with van der Waals surface area (Å²) in [6.45, 7) is 1.82. The molecule has 3 rings (SSSR count). The van der Waals surface area contributed by atoms with Crippen molar-refractivity contribution in [1.82, 2.24) is 10.2 Å². The quantitative estimate of drug-likeness (QED) is 0.611. The standard InChI is InChI=1S/C18H29Cl2N3O3/c19-13-7-12(15(24)8-14(13)20)17(21)10-3-5-23(6-4-10)18(26)11-1-2-16(25)22-9-11/h10-15,17,24H,1-9,21H2,(H,22,25)/t11-,12?,13?,14?,15?,17-/m1/s1. The third-order valence-electron chi connectivity index (χ3n) is 6.36. The van der Waals surface area contributed by atoms with E-state index in [0.717, 1.165) is 12.8 Å². The van der Waals surface area contributed by atoms with Crippen LogP contribution in [0.15, 0.2) is 0 Å². The molecule has 2 saturated heterocycles. The Hall–Kier alpha value is -0.560. The molecule has 2 amide bonds. The molecule has 0 bridgehead atoms. The molecule has 2 heterocycles. The molecule has 0 radical (unpaired) electrons. The Morgan fingerprint density at radius 3 is 2.46 bits per heavy atom. The normalized spacial score (nSPS) is 37.9. The van der Waals surface area contributed by atoms with E-state index in [9.17, 15) is 14.7 Å². The van der Waals surface area contributed by atoms with E-state index in [2.05, 4.69) is 5.32 Å². The van der Waals surface area contributed by atoms with Crippen LogP contribution in [0.4, 0.5) is 0 Å².